The Morgan fingerprint density at radius 2 is 1.80 bits per heavy atom. The van der Waals surface area contributed by atoms with Gasteiger partial charge in [-0.05, 0) is 57.9 Å². The summed E-state index contributed by atoms with van der Waals surface area (Å²) in [6, 6.07) is 3.55. The van der Waals surface area contributed by atoms with E-state index in [0.717, 1.165) is 30.6 Å². The van der Waals surface area contributed by atoms with Crippen molar-refractivity contribution in [1.29, 1.82) is 0 Å². The second-order valence-electron chi connectivity index (χ2n) is 9.15. The van der Waals surface area contributed by atoms with Crippen LogP contribution in [0.4, 0.5) is 4.79 Å². The molecule has 30 heavy (non-hydrogen) atoms. The lowest BCUT2D eigenvalue weighted by atomic mass is 10.0. The SMILES string of the molecule is CC(=O)N[C@H](CC(=O)N1CCC[C@H]1[C@@H]1CCCN1C(=O)OC(C)(C)C)c1cccs1. The molecule has 3 amide bonds. The maximum absolute atomic E-state index is 13.2. The van der Waals surface area contributed by atoms with Crippen LogP contribution < -0.4 is 5.32 Å². The zero-order valence-corrected chi connectivity index (χ0v) is 19.2. The predicted octanol–water partition coefficient (Wildman–Crippen LogP) is 3.71. The molecule has 3 rings (SSSR count). The largest absolute Gasteiger partial charge is 0.444 e. The highest BCUT2D eigenvalue weighted by Crippen LogP contribution is 2.33. The number of hydrogen-bond donors (Lipinski definition) is 1. The van der Waals surface area contributed by atoms with Gasteiger partial charge in [-0.2, -0.15) is 0 Å². The van der Waals surface area contributed by atoms with E-state index in [1.165, 1.54) is 18.3 Å². The van der Waals surface area contributed by atoms with Gasteiger partial charge in [0.15, 0.2) is 0 Å². The number of nitrogens with one attached hydrogen (secondary N) is 1. The third-order valence-electron chi connectivity index (χ3n) is 5.63. The van der Waals surface area contributed by atoms with E-state index < -0.39 is 5.60 Å². The zero-order valence-electron chi connectivity index (χ0n) is 18.3. The van der Waals surface area contributed by atoms with Crippen molar-refractivity contribution in [3.05, 3.63) is 22.4 Å². The molecule has 166 valence electrons. The first-order valence-electron chi connectivity index (χ1n) is 10.8. The molecule has 8 heteroatoms. The number of hydrogen-bond acceptors (Lipinski definition) is 5. The molecule has 1 aromatic rings. The van der Waals surface area contributed by atoms with E-state index in [0.29, 0.717) is 13.1 Å². The molecule has 0 radical (unpaired) electrons. The van der Waals surface area contributed by atoms with Crippen molar-refractivity contribution in [1.82, 2.24) is 15.1 Å². The highest BCUT2D eigenvalue weighted by atomic mass is 32.1. The van der Waals surface area contributed by atoms with Crippen LogP contribution in [-0.4, -0.2) is 58.5 Å². The maximum atomic E-state index is 13.2. The van der Waals surface area contributed by atoms with E-state index in [-0.39, 0.29) is 42.5 Å². The van der Waals surface area contributed by atoms with Crippen molar-refractivity contribution in [2.45, 2.75) is 83.5 Å². The van der Waals surface area contributed by atoms with Crippen molar-refractivity contribution >= 4 is 29.2 Å². The van der Waals surface area contributed by atoms with Gasteiger partial charge < -0.3 is 19.9 Å². The third-order valence-corrected chi connectivity index (χ3v) is 6.62. The van der Waals surface area contributed by atoms with Crippen molar-refractivity contribution in [2.24, 2.45) is 0 Å². The summed E-state index contributed by atoms with van der Waals surface area (Å²) in [5, 5.41) is 4.86. The standard InChI is InChI=1S/C22H33N3O4S/c1-15(26)23-16(19-10-7-13-30-19)14-20(27)24-11-5-8-17(24)18-9-6-12-25(18)21(28)29-22(2,3)4/h7,10,13,16-18H,5-6,8-9,11-12,14H2,1-4H3,(H,23,26)/t16-,17+,18+/m1/s1. The van der Waals surface area contributed by atoms with Gasteiger partial charge in [-0.15, -0.1) is 11.3 Å². The van der Waals surface area contributed by atoms with Gasteiger partial charge in [0.2, 0.25) is 11.8 Å². The van der Waals surface area contributed by atoms with Crippen LogP contribution in [-0.2, 0) is 14.3 Å². The molecule has 3 heterocycles. The first-order chi connectivity index (χ1) is 14.2. The van der Waals surface area contributed by atoms with Crippen molar-refractivity contribution < 1.29 is 19.1 Å². The molecule has 2 aliphatic heterocycles. The molecule has 1 aromatic heterocycles. The molecule has 3 atom stereocenters. The van der Waals surface area contributed by atoms with Crippen LogP contribution in [0.15, 0.2) is 17.5 Å². The molecule has 1 N–H and O–H groups in total. The van der Waals surface area contributed by atoms with Crippen molar-refractivity contribution in [3.8, 4) is 0 Å². The van der Waals surface area contributed by atoms with Crippen LogP contribution in [0.25, 0.3) is 0 Å². The number of carbonyl (C=O) groups excluding carboxylic acids is 3. The molecular formula is C22H33N3O4S. The minimum atomic E-state index is -0.540. The van der Waals surface area contributed by atoms with Gasteiger partial charge in [-0.25, -0.2) is 4.79 Å². The third kappa shape index (κ3) is 5.53. The second-order valence-corrected chi connectivity index (χ2v) is 10.1. The molecule has 0 aliphatic carbocycles. The lowest BCUT2D eigenvalue weighted by Crippen LogP contribution is -2.51. The Labute approximate surface area is 182 Å². The van der Waals surface area contributed by atoms with Crippen LogP contribution in [0, 0.1) is 0 Å². The normalized spacial score (nSPS) is 22.8. The first-order valence-corrected chi connectivity index (χ1v) is 11.6. The van der Waals surface area contributed by atoms with E-state index in [4.69, 9.17) is 4.74 Å². The zero-order chi connectivity index (χ0) is 21.9. The van der Waals surface area contributed by atoms with Gasteiger partial charge in [0.1, 0.15) is 5.60 Å². The Morgan fingerprint density at radius 1 is 1.17 bits per heavy atom. The summed E-state index contributed by atoms with van der Waals surface area (Å²) in [4.78, 5) is 42.3. The van der Waals surface area contributed by atoms with Gasteiger partial charge in [0.05, 0.1) is 24.5 Å². The molecule has 0 aromatic carbocycles. The monoisotopic (exact) mass is 435 g/mol. The van der Waals surface area contributed by atoms with Gasteiger partial charge in [-0.3, -0.25) is 9.59 Å². The topological polar surface area (TPSA) is 79.0 Å². The van der Waals surface area contributed by atoms with Crippen LogP contribution >= 0.6 is 11.3 Å². The Kier molecular flexibility index (Phi) is 7.06. The fraction of sp³-hybridized carbons (Fsp3) is 0.682. The molecule has 2 fully saturated rings. The van der Waals surface area contributed by atoms with E-state index in [1.54, 1.807) is 0 Å². The van der Waals surface area contributed by atoms with E-state index in [9.17, 15) is 14.4 Å². The second kappa shape index (κ2) is 9.37. The number of nitrogens with zero attached hydrogens (tertiary/aromatic N) is 2. The fourth-order valence-corrected chi connectivity index (χ4v) is 5.27. The molecular weight excluding hydrogens is 402 g/mol. The molecule has 0 bridgehead atoms. The van der Waals surface area contributed by atoms with Crippen LogP contribution in [0.5, 0.6) is 0 Å². The fourth-order valence-electron chi connectivity index (χ4n) is 4.49. The molecule has 7 nitrogen and oxygen atoms in total. The van der Waals surface area contributed by atoms with Crippen LogP contribution in [0.2, 0.25) is 0 Å². The lowest BCUT2D eigenvalue weighted by molar-refractivity contribution is -0.133. The highest BCUT2D eigenvalue weighted by molar-refractivity contribution is 7.10. The van der Waals surface area contributed by atoms with E-state index >= 15 is 0 Å². The molecule has 2 saturated heterocycles. The molecule has 0 spiro atoms. The smallest absolute Gasteiger partial charge is 0.410 e. The summed E-state index contributed by atoms with van der Waals surface area (Å²) < 4.78 is 5.60. The number of thiophene rings is 1. The van der Waals surface area contributed by atoms with Crippen molar-refractivity contribution in [2.75, 3.05) is 13.1 Å². The van der Waals surface area contributed by atoms with E-state index in [2.05, 4.69) is 5.32 Å². The average molecular weight is 436 g/mol. The lowest BCUT2D eigenvalue weighted by Gasteiger charge is -2.36. The maximum Gasteiger partial charge on any atom is 0.410 e. The Morgan fingerprint density at radius 3 is 2.37 bits per heavy atom. The van der Waals surface area contributed by atoms with Gasteiger partial charge in [0, 0.05) is 24.9 Å². The minimum Gasteiger partial charge on any atom is -0.444 e. The van der Waals surface area contributed by atoms with Crippen LogP contribution in [0.1, 0.15) is 70.7 Å². The highest BCUT2D eigenvalue weighted by Gasteiger charge is 2.43. The van der Waals surface area contributed by atoms with Crippen LogP contribution in [0.3, 0.4) is 0 Å². The minimum absolute atomic E-state index is 0.00717. The average Bonchev–Trinajstić information content (AvgIpc) is 3.38. The van der Waals surface area contributed by atoms with E-state index in [1.807, 2.05) is 48.1 Å². The number of rotatable bonds is 5. The van der Waals surface area contributed by atoms with Gasteiger partial charge in [-0.1, -0.05) is 6.07 Å². The van der Waals surface area contributed by atoms with Gasteiger partial charge >= 0.3 is 6.09 Å². The molecule has 2 aliphatic rings. The predicted molar refractivity (Wildman–Crippen MR) is 116 cm³/mol. The summed E-state index contributed by atoms with van der Waals surface area (Å²) in [5.41, 5.74) is -0.540. The first kappa shape index (κ1) is 22.6. The van der Waals surface area contributed by atoms with Crippen molar-refractivity contribution in [3.63, 3.8) is 0 Å². The molecule has 0 saturated carbocycles. The number of amides is 3. The summed E-state index contributed by atoms with van der Waals surface area (Å²) in [7, 11) is 0. The Hall–Kier alpha value is -2.09. The summed E-state index contributed by atoms with van der Waals surface area (Å²) >= 11 is 1.54. The quantitative estimate of drug-likeness (QED) is 0.765. The molecule has 0 unspecified atom stereocenters. The summed E-state index contributed by atoms with van der Waals surface area (Å²) in [6.07, 6.45) is 3.56. The summed E-state index contributed by atoms with van der Waals surface area (Å²) in [6.45, 7) is 8.44. The number of carbonyl (C=O) groups is 3. The number of ether oxygens (including phenoxy) is 1. The number of likely N-dealkylation sites (tertiary alicyclic amines) is 2. The Balaban J connectivity index is 1.70. The van der Waals surface area contributed by atoms with Gasteiger partial charge in [0.25, 0.3) is 0 Å². The summed E-state index contributed by atoms with van der Waals surface area (Å²) in [5.74, 6) is -0.119. The Bertz CT molecular complexity index is 759.